The van der Waals surface area contributed by atoms with Crippen LogP contribution in [-0.4, -0.2) is 11.2 Å². The quantitative estimate of drug-likeness (QED) is 0.908. The summed E-state index contributed by atoms with van der Waals surface area (Å²) < 4.78 is 1.06. The Morgan fingerprint density at radius 1 is 1.00 bits per heavy atom. The van der Waals surface area contributed by atoms with Gasteiger partial charge in [-0.3, -0.25) is 0 Å². The number of aliphatic hydroxyl groups is 1. The van der Waals surface area contributed by atoms with Gasteiger partial charge >= 0.3 is 0 Å². The Labute approximate surface area is 117 Å². The summed E-state index contributed by atoms with van der Waals surface area (Å²) in [4.78, 5) is 0. The summed E-state index contributed by atoms with van der Waals surface area (Å²) in [7, 11) is 0. The van der Waals surface area contributed by atoms with Crippen LogP contribution in [0.5, 0.6) is 0 Å². The highest BCUT2D eigenvalue weighted by molar-refractivity contribution is 9.10. The molecule has 2 heteroatoms. The lowest BCUT2D eigenvalue weighted by atomic mass is 10.0. The van der Waals surface area contributed by atoms with Gasteiger partial charge in [-0.1, -0.05) is 57.9 Å². The predicted octanol–water partition coefficient (Wildman–Crippen LogP) is 3.90. The lowest BCUT2D eigenvalue weighted by molar-refractivity contribution is 0.175. The zero-order valence-electron chi connectivity index (χ0n) is 10.4. The van der Waals surface area contributed by atoms with Gasteiger partial charge in [0.15, 0.2) is 0 Å². The van der Waals surface area contributed by atoms with Gasteiger partial charge in [0.2, 0.25) is 0 Å². The molecular formula is C16H17BrO. The summed E-state index contributed by atoms with van der Waals surface area (Å²) in [6.45, 7) is 2.07. The molecule has 18 heavy (non-hydrogen) atoms. The normalized spacial score (nSPS) is 12.4. The molecule has 2 aromatic rings. The second kappa shape index (κ2) is 6.17. The molecule has 2 rings (SSSR count). The molecule has 0 fully saturated rings. The minimum atomic E-state index is -0.332. The van der Waals surface area contributed by atoms with Crippen molar-refractivity contribution in [3.8, 4) is 0 Å². The van der Waals surface area contributed by atoms with Crippen LogP contribution in [0, 0.1) is 6.92 Å². The lowest BCUT2D eigenvalue weighted by Crippen LogP contribution is -2.13. The van der Waals surface area contributed by atoms with Crippen molar-refractivity contribution in [2.24, 2.45) is 0 Å². The van der Waals surface area contributed by atoms with Crippen LogP contribution in [0.2, 0.25) is 0 Å². The van der Waals surface area contributed by atoms with Crippen LogP contribution in [-0.2, 0) is 12.8 Å². The maximum Gasteiger partial charge on any atom is 0.0620 e. The minimum Gasteiger partial charge on any atom is -0.392 e. The van der Waals surface area contributed by atoms with Gasteiger partial charge in [0.25, 0.3) is 0 Å². The standard InChI is InChI=1S/C16H17BrO/c1-12-4-2-5-13(8-12)10-16(18)11-14-6-3-7-15(17)9-14/h2-9,16,18H,10-11H2,1H3. The van der Waals surface area contributed by atoms with Crippen LogP contribution >= 0.6 is 15.9 Å². The van der Waals surface area contributed by atoms with Crippen molar-refractivity contribution >= 4 is 15.9 Å². The monoisotopic (exact) mass is 304 g/mol. The number of rotatable bonds is 4. The fraction of sp³-hybridized carbons (Fsp3) is 0.250. The van der Waals surface area contributed by atoms with Crippen LogP contribution in [0.25, 0.3) is 0 Å². The lowest BCUT2D eigenvalue weighted by Gasteiger charge is -2.11. The van der Waals surface area contributed by atoms with Gasteiger partial charge in [-0.2, -0.15) is 0 Å². The van der Waals surface area contributed by atoms with Crippen molar-refractivity contribution in [1.29, 1.82) is 0 Å². The minimum absolute atomic E-state index is 0.332. The number of hydrogen-bond donors (Lipinski definition) is 1. The number of benzene rings is 2. The van der Waals surface area contributed by atoms with E-state index >= 15 is 0 Å². The van der Waals surface area contributed by atoms with E-state index in [1.807, 2.05) is 24.3 Å². The molecule has 0 aromatic heterocycles. The van der Waals surface area contributed by atoms with E-state index in [1.165, 1.54) is 11.1 Å². The second-order valence-electron chi connectivity index (χ2n) is 4.68. The zero-order chi connectivity index (χ0) is 13.0. The Bertz CT molecular complexity index is 475. The van der Waals surface area contributed by atoms with Gasteiger partial charge in [-0.25, -0.2) is 0 Å². The molecule has 1 unspecified atom stereocenters. The molecule has 0 aliphatic carbocycles. The molecule has 0 bridgehead atoms. The van der Waals surface area contributed by atoms with Gasteiger partial charge in [-0.15, -0.1) is 0 Å². The Morgan fingerprint density at radius 3 is 2.22 bits per heavy atom. The summed E-state index contributed by atoms with van der Waals surface area (Å²) in [6.07, 6.45) is 1.06. The van der Waals surface area contributed by atoms with Crippen LogP contribution in [0.1, 0.15) is 16.7 Å². The molecule has 0 spiro atoms. The van der Waals surface area contributed by atoms with E-state index in [1.54, 1.807) is 0 Å². The summed E-state index contributed by atoms with van der Waals surface area (Å²) in [5.74, 6) is 0. The first-order chi connectivity index (χ1) is 8.63. The molecule has 1 nitrogen and oxygen atoms in total. The first kappa shape index (κ1) is 13.3. The van der Waals surface area contributed by atoms with Gasteiger partial charge in [0, 0.05) is 4.47 Å². The van der Waals surface area contributed by atoms with E-state index in [0.717, 1.165) is 10.0 Å². The van der Waals surface area contributed by atoms with Gasteiger partial charge < -0.3 is 5.11 Å². The van der Waals surface area contributed by atoms with Crippen molar-refractivity contribution in [3.63, 3.8) is 0 Å². The highest BCUT2D eigenvalue weighted by Crippen LogP contribution is 2.15. The van der Waals surface area contributed by atoms with Crippen LogP contribution < -0.4 is 0 Å². The third-order valence-electron chi connectivity index (χ3n) is 2.91. The zero-order valence-corrected chi connectivity index (χ0v) is 12.0. The third kappa shape index (κ3) is 3.97. The van der Waals surface area contributed by atoms with E-state index < -0.39 is 0 Å². The summed E-state index contributed by atoms with van der Waals surface area (Å²) in [6, 6.07) is 16.4. The Kier molecular flexibility index (Phi) is 4.56. The van der Waals surface area contributed by atoms with E-state index in [4.69, 9.17) is 0 Å². The fourth-order valence-corrected chi connectivity index (χ4v) is 2.57. The van der Waals surface area contributed by atoms with Crippen LogP contribution in [0.15, 0.2) is 53.0 Å². The van der Waals surface area contributed by atoms with Gasteiger partial charge in [0.1, 0.15) is 0 Å². The van der Waals surface area contributed by atoms with E-state index in [0.29, 0.717) is 12.8 Å². The van der Waals surface area contributed by atoms with Crippen molar-refractivity contribution in [1.82, 2.24) is 0 Å². The van der Waals surface area contributed by atoms with Crippen molar-refractivity contribution in [3.05, 3.63) is 69.7 Å². The third-order valence-corrected chi connectivity index (χ3v) is 3.41. The molecule has 0 saturated heterocycles. The average Bonchev–Trinajstić information content (AvgIpc) is 2.28. The van der Waals surface area contributed by atoms with E-state index in [9.17, 15) is 5.11 Å². The topological polar surface area (TPSA) is 20.2 Å². The SMILES string of the molecule is Cc1cccc(CC(O)Cc2cccc(Br)c2)c1. The largest absolute Gasteiger partial charge is 0.392 e. The highest BCUT2D eigenvalue weighted by atomic mass is 79.9. The number of aryl methyl sites for hydroxylation is 1. The second-order valence-corrected chi connectivity index (χ2v) is 5.60. The van der Waals surface area contributed by atoms with Crippen molar-refractivity contribution in [2.45, 2.75) is 25.9 Å². The average molecular weight is 305 g/mol. The maximum absolute atomic E-state index is 10.1. The number of aliphatic hydroxyl groups excluding tert-OH is 1. The predicted molar refractivity (Wildman–Crippen MR) is 78.7 cm³/mol. The molecule has 0 radical (unpaired) electrons. The molecule has 0 amide bonds. The Morgan fingerprint density at radius 2 is 1.61 bits per heavy atom. The van der Waals surface area contributed by atoms with Crippen molar-refractivity contribution < 1.29 is 5.11 Å². The van der Waals surface area contributed by atoms with Crippen LogP contribution in [0.3, 0.4) is 0 Å². The molecule has 1 N–H and O–H groups in total. The smallest absolute Gasteiger partial charge is 0.0620 e. The van der Waals surface area contributed by atoms with Crippen molar-refractivity contribution in [2.75, 3.05) is 0 Å². The highest BCUT2D eigenvalue weighted by Gasteiger charge is 2.07. The molecule has 0 saturated carbocycles. The molecule has 0 aliphatic rings. The Balaban J connectivity index is 1.98. The summed E-state index contributed by atoms with van der Waals surface area (Å²) in [5.41, 5.74) is 3.59. The van der Waals surface area contributed by atoms with E-state index in [2.05, 4.69) is 47.1 Å². The molecule has 0 aliphatic heterocycles. The Hall–Kier alpha value is -1.12. The molecule has 94 valence electrons. The van der Waals surface area contributed by atoms with Gasteiger partial charge in [-0.05, 0) is 43.0 Å². The number of halogens is 1. The summed E-state index contributed by atoms with van der Waals surface area (Å²) in [5, 5.41) is 10.1. The summed E-state index contributed by atoms with van der Waals surface area (Å²) >= 11 is 3.45. The first-order valence-corrected chi connectivity index (χ1v) is 6.91. The van der Waals surface area contributed by atoms with Crippen LogP contribution in [0.4, 0.5) is 0 Å². The van der Waals surface area contributed by atoms with Gasteiger partial charge in [0.05, 0.1) is 6.10 Å². The fourth-order valence-electron chi connectivity index (χ4n) is 2.12. The molecular weight excluding hydrogens is 288 g/mol. The molecule has 0 heterocycles. The van der Waals surface area contributed by atoms with E-state index in [-0.39, 0.29) is 6.10 Å². The number of hydrogen-bond acceptors (Lipinski definition) is 1. The molecule has 1 atom stereocenters. The first-order valence-electron chi connectivity index (χ1n) is 6.11. The maximum atomic E-state index is 10.1. The molecule has 2 aromatic carbocycles.